The number of hydrogen-bond acceptors (Lipinski definition) is 1. The van der Waals surface area contributed by atoms with E-state index in [0.717, 1.165) is 29.5 Å². The van der Waals surface area contributed by atoms with E-state index in [-0.39, 0.29) is 11.2 Å². The van der Waals surface area contributed by atoms with E-state index in [1.54, 1.807) is 12.1 Å². The minimum absolute atomic E-state index is 0.0238. The molecule has 2 unspecified atom stereocenters. The molecule has 88 valence electrons. The maximum absolute atomic E-state index is 13.8. The van der Waals surface area contributed by atoms with Crippen molar-refractivity contribution >= 4 is 15.9 Å². The van der Waals surface area contributed by atoms with Gasteiger partial charge in [-0.1, -0.05) is 29.8 Å². The molecule has 1 N–H and O–H groups in total. The van der Waals surface area contributed by atoms with Gasteiger partial charge in [0.25, 0.3) is 0 Å². The molecule has 1 saturated carbocycles. The Kier molecular flexibility index (Phi) is 3.36. The first-order valence-electron chi connectivity index (χ1n) is 5.74. The van der Waals surface area contributed by atoms with Crippen LogP contribution in [0.2, 0.25) is 0 Å². The molecule has 0 heterocycles. The lowest BCUT2D eigenvalue weighted by atomic mass is 9.95. The number of benzene rings is 1. The van der Waals surface area contributed by atoms with Crippen LogP contribution >= 0.6 is 15.9 Å². The standard InChI is InChI=1S/C13H17BrFN/c1-3-16-8-9-7-13(9,2)11-6-10(14)4-5-12(11)15/h4-6,9,16H,3,7-8H2,1-2H3. The molecule has 16 heavy (non-hydrogen) atoms. The van der Waals surface area contributed by atoms with Crippen LogP contribution < -0.4 is 5.32 Å². The molecule has 0 spiro atoms. The van der Waals surface area contributed by atoms with Gasteiger partial charge < -0.3 is 5.32 Å². The van der Waals surface area contributed by atoms with Crippen molar-refractivity contribution in [1.82, 2.24) is 5.32 Å². The highest BCUT2D eigenvalue weighted by Gasteiger charge is 2.51. The first-order valence-corrected chi connectivity index (χ1v) is 6.53. The summed E-state index contributed by atoms with van der Waals surface area (Å²) in [6.45, 7) is 6.21. The summed E-state index contributed by atoms with van der Waals surface area (Å²) in [5.41, 5.74) is 0.875. The first-order chi connectivity index (χ1) is 7.58. The van der Waals surface area contributed by atoms with E-state index in [1.807, 2.05) is 6.07 Å². The van der Waals surface area contributed by atoms with E-state index >= 15 is 0 Å². The predicted octanol–water partition coefficient (Wildman–Crippen LogP) is 3.48. The lowest BCUT2D eigenvalue weighted by Gasteiger charge is -2.13. The van der Waals surface area contributed by atoms with Crippen molar-refractivity contribution in [3.05, 3.63) is 34.1 Å². The zero-order valence-corrected chi connectivity index (χ0v) is 11.3. The van der Waals surface area contributed by atoms with E-state index in [0.29, 0.717) is 5.92 Å². The first kappa shape index (κ1) is 12.1. The van der Waals surface area contributed by atoms with Crippen LogP contribution in [0, 0.1) is 11.7 Å². The minimum Gasteiger partial charge on any atom is -0.317 e. The normalized spacial score (nSPS) is 28.1. The molecule has 0 radical (unpaired) electrons. The quantitative estimate of drug-likeness (QED) is 0.893. The highest BCUT2D eigenvalue weighted by atomic mass is 79.9. The van der Waals surface area contributed by atoms with Crippen LogP contribution in [0.25, 0.3) is 0 Å². The van der Waals surface area contributed by atoms with Crippen molar-refractivity contribution in [3.8, 4) is 0 Å². The van der Waals surface area contributed by atoms with Crippen molar-refractivity contribution in [3.63, 3.8) is 0 Å². The monoisotopic (exact) mass is 285 g/mol. The molecule has 0 aromatic heterocycles. The molecule has 0 bridgehead atoms. The highest BCUT2D eigenvalue weighted by molar-refractivity contribution is 9.10. The third-order valence-electron chi connectivity index (χ3n) is 3.60. The molecule has 3 heteroatoms. The van der Waals surface area contributed by atoms with Gasteiger partial charge in [0.1, 0.15) is 5.82 Å². The van der Waals surface area contributed by atoms with Gasteiger partial charge in [-0.3, -0.25) is 0 Å². The van der Waals surface area contributed by atoms with Crippen LogP contribution in [0.5, 0.6) is 0 Å². The SMILES string of the molecule is CCNCC1CC1(C)c1cc(Br)ccc1F. The Bertz CT molecular complexity index is 394. The second-order valence-electron chi connectivity index (χ2n) is 4.75. The topological polar surface area (TPSA) is 12.0 Å². The van der Waals surface area contributed by atoms with Gasteiger partial charge in [-0.15, -0.1) is 0 Å². The summed E-state index contributed by atoms with van der Waals surface area (Å²) in [5.74, 6) is 0.487. The van der Waals surface area contributed by atoms with Crippen LogP contribution in [0.4, 0.5) is 4.39 Å². The summed E-state index contributed by atoms with van der Waals surface area (Å²) in [4.78, 5) is 0. The largest absolute Gasteiger partial charge is 0.317 e. The zero-order chi connectivity index (χ0) is 11.8. The summed E-state index contributed by atoms with van der Waals surface area (Å²) in [5, 5.41) is 3.34. The molecular weight excluding hydrogens is 269 g/mol. The van der Waals surface area contributed by atoms with E-state index in [2.05, 4.69) is 35.1 Å². The number of halogens is 2. The van der Waals surface area contributed by atoms with Gasteiger partial charge in [-0.05, 0) is 54.6 Å². The Morgan fingerprint density at radius 3 is 3.00 bits per heavy atom. The summed E-state index contributed by atoms with van der Waals surface area (Å²) in [6.07, 6.45) is 1.08. The maximum atomic E-state index is 13.8. The van der Waals surface area contributed by atoms with Gasteiger partial charge in [0, 0.05) is 4.47 Å². The van der Waals surface area contributed by atoms with Crippen molar-refractivity contribution in [2.24, 2.45) is 5.92 Å². The Balaban J connectivity index is 2.16. The summed E-state index contributed by atoms with van der Waals surface area (Å²) in [6, 6.07) is 5.22. The lowest BCUT2D eigenvalue weighted by molar-refractivity contribution is 0.546. The van der Waals surface area contributed by atoms with Crippen molar-refractivity contribution in [1.29, 1.82) is 0 Å². The summed E-state index contributed by atoms with van der Waals surface area (Å²) < 4.78 is 14.7. The van der Waals surface area contributed by atoms with Gasteiger partial charge in [0.05, 0.1) is 0 Å². The van der Waals surface area contributed by atoms with Gasteiger partial charge in [-0.2, -0.15) is 0 Å². The van der Waals surface area contributed by atoms with Gasteiger partial charge in [0.15, 0.2) is 0 Å². The third-order valence-corrected chi connectivity index (χ3v) is 4.09. The molecule has 0 saturated heterocycles. The Hall–Kier alpha value is -0.410. The predicted molar refractivity (Wildman–Crippen MR) is 68.1 cm³/mol. The molecule has 2 rings (SSSR count). The number of hydrogen-bond donors (Lipinski definition) is 1. The van der Waals surface area contributed by atoms with Crippen molar-refractivity contribution < 1.29 is 4.39 Å². The average Bonchev–Trinajstić information content (AvgIpc) is 2.91. The van der Waals surface area contributed by atoms with Crippen LogP contribution in [-0.4, -0.2) is 13.1 Å². The molecule has 2 atom stereocenters. The third kappa shape index (κ3) is 2.16. The maximum Gasteiger partial charge on any atom is 0.127 e. The van der Waals surface area contributed by atoms with Crippen LogP contribution in [0.3, 0.4) is 0 Å². The Morgan fingerprint density at radius 2 is 2.31 bits per heavy atom. The molecule has 0 aliphatic heterocycles. The smallest absolute Gasteiger partial charge is 0.127 e. The Morgan fingerprint density at radius 1 is 1.56 bits per heavy atom. The molecule has 1 fully saturated rings. The van der Waals surface area contributed by atoms with E-state index in [9.17, 15) is 4.39 Å². The zero-order valence-electron chi connectivity index (χ0n) is 9.69. The van der Waals surface area contributed by atoms with Crippen molar-refractivity contribution in [2.45, 2.75) is 25.7 Å². The van der Waals surface area contributed by atoms with Gasteiger partial charge >= 0.3 is 0 Å². The average molecular weight is 286 g/mol. The van der Waals surface area contributed by atoms with Gasteiger partial charge in [-0.25, -0.2) is 4.39 Å². The fourth-order valence-corrected chi connectivity index (χ4v) is 2.70. The Labute approximate surface area is 105 Å². The second kappa shape index (κ2) is 4.46. The second-order valence-corrected chi connectivity index (χ2v) is 5.67. The molecule has 1 aliphatic carbocycles. The molecule has 1 nitrogen and oxygen atoms in total. The molecule has 0 amide bonds. The minimum atomic E-state index is -0.0790. The van der Waals surface area contributed by atoms with Gasteiger partial charge in [0.2, 0.25) is 0 Å². The number of nitrogens with one attached hydrogen (secondary N) is 1. The van der Waals surface area contributed by atoms with E-state index in [4.69, 9.17) is 0 Å². The number of rotatable bonds is 4. The molecule has 1 aliphatic rings. The van der Waals surface area contributed by atoms with Crippen LogP contribution in [0.1, 0.15) is 25.8 Å². The highest BCUT2D eigenvalue weighted by Crippen LogP contribution is 2.54. The molecule has 1 aromatic carbocycles. The van der Waals surface area contributed by atoms with E-state index < -0.39 is 0 Å². The van der Waals surface area contributed by atoms with Crippen LogP contribution in [-0.2, 0) is 5.41 Å². The lowest BCUT2D eigenvalue weighted by Crippen LogP contribution is -2.20. The fraction of sp³-hybridized carbons (Fsp3) is 0.538. The fourth-order valence-electron chi connectivity index (χ4n) is 2.33. The molecule has 1 aromatic rings. The van der Waals surface area contributed by atoms with Crippen LogP contribution in [0.15, 0.2) is 22.7 Å². The molecular formula is C13H17BrFN. The van der Waals surface area contributed by atoms with Crippen molar-refractivity contribution in [2.75, 3.05) is 13.1 Å². The summed E-state index contributed by atoms with van der Waals surface area (Å²) >= 11 is 3.41. The summed E-state index contributed by atoms with van der Waals surface area (Å²) in [7, 11) is 0. The van der Waals surface area contributed by atoms with E-state index in [1.165, 1.54) is 0 Å².